The van der Waals surface area contributed by atoms with Gasteiger partial charge in [-0.25, -0.2) is 12.7 Å². The maximum Gasteiger partial charge on any atom is 0.265 e. The third kappa shape index (κ3) is 6.07. The molecule has 0 fully saturated rings. The molecule has 2 aromatic rings. The van der Waals surface area contributed by atoms with Crippen molar-refractivity contribution in [2.24, 2.45) is 5.16 Å². The fourth-order valence-corrected chi connectivity index (χ4v) is 3.10. The van der Waals surface area contributed by atoms with Crippen molar-refractivity contribution >= 4 is 27.8 Å². The minimum atomic E-state index is -3.58. The Morgan fingerprint density at radius 3 is 2.54 bits per heavy atom. The number of benzene rings is 2. The number of ether oxygens (including phenoxy) is 1. The molecule has 8 nitrogen and oxygen atoms in total. The van der Waals surface area contributed by atoms with Gasteiger partial charge in [-0.3, -0.25) is 4.79 Å². The number of anilines is 1. The number of carbonyl (C=O) groups excluding carboxylic acids is 1. The summed E-state index contributed by atoms with van der Waals surface area (Å²) in [5.41, 5.74) is 1.15. The van der Waals surface area contributed by atoms with Crippen molar-refractivity contribution in [3.05, 3.63) is 54.1 Å². The molecule has 2 rings (SSSR count). The first kappa shape index (κ1) is 21.4. The Labute approximate surface area is 164 Å². The molecule has 9 heteroatoms. The van der Waals surface area contributed by atoms with Crippen LogP contribution in [-0.4, -0.2) is 52.2 Å². The van der Waals surface area contributed by atoms with Crippen molar-refractivity contribution in [2.75, 3.05) is 32.6 Å². The Hall–Kier alpha value is -2.91. The zero-order chi connectivity index (χ0) is 20.6. The third-order valence-electron chi connectivity index (χ3n) is 3.56. The summed E-state index contributed by atoms with van der Waals surface area (Å²) in [7, 11) is -0.693. The first-order valence-electron chi connectivity index (χ1n) is 8.53. The second kappa shape index (κ2) is 9.86. The van der Waals surface area contributed by atoms with E-state index in [1.807, 2.05) is 31.2 Å². The van der Waals surface area contributed by atoms with E-state index in [0.717, 1.165) is 15.6 Å². The standard InChI is InChI=1S/C19H23N3O5S/c1-4-26-17-10-8-15(9-11-17)13-20-27-14-19(23)21-16-6-5-7-18(12-16)28(24,25)22(2)3/h5-13H,4,14H2,1-3H3,(H,21,23)/b20-13-. The Bertz CT molecular complexity index is 925. The van der Waals surface area contributed by atoms with Gasteiger partial charge in [-0.15, -0.1) is 0 Å². The summed E-state index contributed by atoms with van der Waals surface area (Å²) in [5.74, 6) is 0.307. The van der Waals surface area contributed by atoms with Crippen molar-refractivity contribution in [3.8, 4) is 5.75 Å². The summed E-state index contributed by atoms with van der Waals surface area (Å²) >= 11 is 0. The summed E-state index contributed by atoms with van der Waals surface area (Å²) in [6.45, 7) is 2.19. The third-order valence-corrected chi connectivity index (χ3v) is 5.37. The lowest BCUT2D eigenvalue weighted by atomic mass is 10.2. The van der Waals surface area contributed by atoms with Crippen LogP contribution in [0.2, 0.25) is 0 Å². The zero-order valence-corrected chi connectivity index (χ0v) is 16.8. The van der Waals surface area contributed by atoms with Crippen LogP contribution in [0.3, 0.4) is 0 Å². The molecule has 0 radical (unpaired) electrons. The van der Waals surface area contributed by atoms with Gasteiger partial charge in [-0.05, 0) is 55.0 Å². The maximum absolute atomic E-state index is 12.1. The van der Waals surface area contributed by atoms with Crippen molar-refractivity contribution in [3.63, 3.8) is 0 Å². The van der Waals surface area contributed by atoms with Crippen molar-refractivity contribution in [1.29, 1.82) is 0 Å². The lowest BCUT2D eigenvalue weighted by molar-refractivity contribution is -0.120. The van der Waals surface area contributed by atoms with Gasteiger partial charge in [-0.2, -0.15) is 0 Å². The summed E-state index contributed by atoms with van der Waals surface area (Å²) in [5, 5.41) is 6.33. The quantitative estimate of drug-likeness (QED) is 0.510. The summed E-state index contributed by atoms with van der Waals surface area (Å²) in [4.78, 5) is 17.0. The van der Waals surface area contributed by atoms with E-state index in [1.54, 1.807) is 12.1 Å². The van der Waals surface area contributed by atoms with Crippen LogP contribution in [0.4, 0.5) is 5.69 Å². The molecule has 0 atom stereocenters. The van der Waals surface area contributed by atoms with Crippen LogP contribution in [0.5, 0.6) is 5.75 Å². The van der Waals surface area contributed by atoms with Gasteiger partial charge < -0.3 is 14.9 Å². The number of carbonyl (C=O) groups is 1. The Balaban J connectivity index is 1.87. The van der Waals surface area contributed by atoms with Gasteiger partial charge in [0.05, 0.1) is 17.7 Å². The lowest BCUT2D eigenvalue weighted by Gasteiger charge is -2.12. The molecule has 1 N–H and O–H groups in total. The van der Waals surface area contributed by atoms with E-state index >= 15 is 0 Å². The Morgan fingerprint density at radius 2 is 1.89 bits per heavy atom. The van der Waals surface area contributed by atoms with Gasteiger partial charge in [0.2, 0.25) is 10.0 Å². The van der Waals surface area contributed by atoms with Crippen molar-refractivity contribution in [1.82, 2.24) is 4.31 Å². The van der Waals surface area contributed by atoms with Crippen LogP contribution in [0.25, 0.3) is 0 Å². The lowest BCUT2D eigenvalue weighted by Crippen LogP contribution is -2.22. The minimum Gasteiger partial charge on any atom is -0.494 e. The molecule has 0 aliphatic heterocycles. The van der Waals surface area contributed by atoms with Gasteiger partial charge in [0, 0.05) is 19.8 Å². The average Bonchev–Trinajstić information content (AvgIpc) is 2.67. The average molecular weight is 405 g/mol. The molecule has 0 saturated heterocycles. The zero-order valence-electron chi connectivity index (χ0n) is 16.0. The van der Waals surface area contributed by atoms with E-state index in [-0.39, 0.29) is 11.5 Å². The molecular weight excluding hydrogens is 382 g/mol. The number of rotatable bonds is 9. The molecule has 0 aromatic heterocycles. The topological polar surface area (TPSA) is 97.3 Å². The van der Waals surface area contributed by atoms with E-state index in [2.05, 4.69) is 10.5 Å². The second-order valence-electron chi connectivity index (χ2n) is 5.87. The molecule has 2 aromatic carbocycles. The highest BCUT2D eigenvalue weighted by molar-refractivity contribution is 7.89. The van der Waals surface area contributed by atoms with E-state index in [0.29, 0.717) is 12.3 Å². The van der Waals surface area contributed by atoms with Crippen LogP contribution in [-0.2, 0) is 19.7 Å². The molecule has 0 heterocycles. The highest BCUT2D eigenvalue weighted by Gasteiger charge is 2.17. The molecule has 0 bridgehead atoms. The predicted octanol–water partition coefficient (Wildman–Crippen LogP) is 2.32. The van der Waals surface area contributed by atoms with Crippen LogP contribution >= 0.6 is 0 Å². The molecule has 0 spiro atoms. The normalized spacial score (nSPS) is 11.6. The first-order chi connectivity index (χ1) is 13.3. The van der Waals surface area contributed by atoms with Crippen LogP contribution in [0, 0.1) is 0 Å². The molecule has 0 aliphatic carbocycles. The molecule has 0 aliphatic rings. The molecule has 28 heavy (non-hydrogen) atoms. The van der Waals surface area contributed by atoms with Gasteiger partial charge in [0.1, 0.15) is 5.75 Å². The maximum atomic E-state index is 12.1. The Kier molecular flexibility index (Phi) is 7.53. The van der Waals surface area contributed by atoms with E-state index < -0.39 is 15.9 Å². The predicted molar refractivity (Wildman–Crippen MR) is 107 cm³/mol. The number of amides is 1. The smallest absolute Gasteiger partial charge is 0.265 e. The Morgan fingerprint density at radius 1 is 1.18 bits per heavy atom. The summed E-state index contributed by atoms with van der Waals surface area (Å²) < 4.78 is 30.7. The van der Waals surface area contributed by atoms with E-state index in [9.17, 15) is 13.2 Å². The van der Waals surface area contributed by atoms with E-state index in [1.165, 1.54) is 32.4 Å². The SMILES string of the molecule is CCOc1ccc(/C=N\OCC(=O)Nc2cccc(S(=O)(=O)N(C)C)c2)cc1. The highest BCUT2D eigenvalue weighted by atomic mass is 32.2. The second-order valence-corrected chi connectivity index (χ2v) is 8.03. The molecule has 0 unspecified atom stereocenters. The van der Waals surface area contributed by atoms with Crippen LogP contribution < -0.4 is 10.1 Å². The van der Waals surface area contributed by atoms with Gasteiger partial charge in [-0.1, -0.05) is 11.2 Å². The van der Waals surface area contributed by atoms with Crippen LogP contribution in [0.15, 0.2) is 58.6 Å². The molecule has 0 saturated carbocycles. The minimum absolute atomic E-state index is 0.0877. The van der Waals surface area contributed by atoms with Gasteiger partial charge in [0.25, 0.3) is 5.91 Å². The largest absolute Gasteiger partial charge is 0.494 e. The summed E-state index contributed by atoms with van der Waals surface area (Å²) in [6, 6.07) is 13.2. The number of nitrogens with zero attached hydrogens (tertiary/aromatic N) is 2. The van der Waals surface area contributed by atoms with E-state index in [4.69, 9.17) is 9.57 Å². The molecule has 150 valence electrons. The van der Waals surface area contributed by atoms with Crippen LogP contribution in [0.1, 0.15) is 12.5 Å². The van der Waals surface area contributed by atoms with Crippen molar-refractivity contribution in [2.45, 2.75) is 11.8 Å². The number of nitrogens with one attached hydrogen (secondary N) is 1. The van der Waals surface area contributed by atoms with Gasteiger partial charge in [0.15, 0.2) is 6.61 Å². The van der Waals surface area contributed by atoms with Gasteiger partial charge >= 0.3 is 0 Å². The molecule has 1 amide bonds. The number of hydrogen-bond acceptors (Lipinski definition) is 6. The number of hydrogen-bond donors (Lipinski definition) is 1. The number of oxime groups is 1. The summed E-state index contributed by atoms with van der Waals surface area (Å²) in [6.07, 6.45) is 1.48. The highest BCUT2D eigenvalue weighted by Crippen LogP contribution is 2.18. The fraction of sp³-hybridized carbons (Fsp3) is 0.263. The first-order valence-corrected chi connectivity index (χ1v) is 9.97. The monoisotopic (exact) mass is 405 g/mol. The number of sulfonamides is 1. The van der Waals surface area contributed by atoms with Crippen molar-refractivity contribution < 1.29 is 22.8 Å². The molecular formula is C19H23N3O5S. The fourth-order valence-electron chi connectivity index (χ4n) is 2.15.